The van der Waals surface area contributed by atoms with Gasteiger partial charge in [0.25, 0.3) is 0 Å². The Labute approximate surface area is 297 Å². The Balaban J connectivity index is 1.28. The van der Waals surface area contributed by atoms with E-state index in [2.05, 4.69) is 150 Å². The van der Waals surface area contributed by atoms with Crippen LogP contribution in [0.1, 0.15) is 98.7 Å². The fourth-order valence-corrected chi connectivity index (χ4v) is 9.82. The van der Waals surface area contributed by atoms with Crippen molar-refractivity contribution in [3.05, 3.63) is 165 Å². The average Bonchev–Trinajstić information content (AvgIpc) is 3.40. The zero-order valence-electron chi connectivity index (χ0n) is 30.0. The van der Waals surface area contributed by atoms with Gasteiger partial charge >= 0.3 is 0 Å². The van der Waals surface area contributed by atoms with Crippen LogP contribution in [-0.2, 0) is 17.3 Å². The van der Waals surface area contributed by atoms with E-state index in [1.54, 1.807) is 0 Å². The summed E-state index contributed by atoms with van der Waals surface area (Å²) in [5, 5.41) is 2.63. The molecule has 1 unspecified atom stereocenters. The molecule has 2 N–H and O–H groups in total. The molecule has 4 aliphatic carbocycles. The minimum atomic E-state index is -0.298. The normalized spacial score (nSPS) is 20.6. The highest BCUT2D eigenvalue weighted by atomic mass is 14.9. The van der Waals surface area contributed by atoms with Crippen LogP contribution in [-0.4, -0.2) is 5.71 Å². The van der Waals surface area contributed by atoms with Crippen LogP contribution in [0.25, 0.3) is 33.2 Å². The van der Waals surface area contributed by atoms with E-state index in [0.29, 0.717) is 0 Å². The zero-order chi connectivity index (χ0) is 34.4. The molecule has 50 heavy (non-hydrogen) atoms. The number of fused-ring (bicyclic) bond motifs is 7. The largest absolute Gasteiger partial charge is 0.397 e. The molecule has 0 heterocycles. The molecule has 9 rings (SSSR count). The van der Waals surface area contributed by atoms with Crippen molar-refractivity contribution in [2.24, 2.45) is 16.6 Å². The fraction of sp³-hybridized carbons (Fsp3) is 0.271. The molecule has 2 heteroatoms. The molecular formula is C48H46N2. The number of hydrogen-bond donors (Lipinski definition) is 1. The Morgan fingerprint density at radius 2 is 1.38 bits per heavy atom. The summed E-state index contributed by atoms with van der Waals surface area (Å²) in [5.41, 5.74) is 24.9. The topological polar surface area (TPSA) is 38.4 Å². The first kappa shape index (κ1) is 31.1. The van der Waals surface area contributed by atoms with Gasteiger partial charge in [0.2, 0.25) is 0 Å². The molecule has 0 aliphatic heterocycles. The third-order valence-electron chi connectivity index (χ3n) is 12.5. The van der Waals surface area contributed by atoms with E-state index in [1.807, 2.05) is 0 Å². The summed E-state index contributed by atoms with van der Waals surface area (Å²) < 4.78 is 0. The number of aliphatic imine (C=N–C) groups is 1. The summed E-state index contributed by atoms with van der Waals surface area (Å²) >= 11 is 0. The van der Waals surface area contributed by atoms with Gasteiger partial charge in [0.15, 0.2) is 0 Å². The van der Waals surface area contributed by atoms with E-state index in [-0.39, 0.29) is 22.7 Å². The third kappa shape index (κ3) is 4.50. The molecule has 0 bridgehead atoms. The molecule has 0 saturated carbocycles. The van der Waals surface area contributed by atoms with Gasteiger partial charge in [0.1, 0.15) is 0 Å². The number of allylic oxidation sites excluding steroid dienone is 5. The zero-order valence-corrected chi connectivity index (χ0v) is 30.0. The maximum absolute atomic E-state index is 7.11. The van der Waals surface area contributed by atoms with Crippen molar-refractivity contribution in [3.63, 3.8) is 0 Å². The number of aryl methyl sites for hydroxylation is 1. The second-order valence-electron chi connectivity index (χ2n) is 16.0. The SMILES string of the molecule is CC(/C(=N\C1=C(N)c2ccccc2C1(C)C)[C@H]1CCc2cc3ccccc3cc2C2=C1CCC=C2)c1cccc2c1-c1ccccc1C2(C)C. The fourth-order valence-electron chi connectivity index (χ4n) is 9.82. The van der Waals surface area contributed by atoms with Gasteiger partial charge in [-0.25, -0.2) is 0 Å². The molecule has 0 spiro atoms. The van der Waals surface area contributed by atoms with Crippen LogP contribution in [0.3, 0.4) is 0 Å². The van der Waals surface area contributed by atoms with E-state index in [9.17, 15) is 0 Å². The Bertz CT molecular complexity index is 2360. The second kappa shape index (κ2) is 11.3. The molecule has 2 atom stereocenters. The molecule has 0 aromatic heterocycles. The Kier molecular flexibility index (Phi) is 7.01. The summed E-state index contributed by atoms with van der Waals surface area (Å²) in [4.78, 5) is 5.91. The Morgan fingerprint density at radius 3 is 2.14 bits per heavy atom. The van der Waals surface area contributed by atoms with Crippen LogP contribution < -0.4 is 5.73 Å². The van der Waals surface area contributed by atoms with Gasteiger partial charge in [-0.05, 0) is 92.6 Å². The average molecular weight is 651 g/mol. The van der Waals surface area contributed by atoms with Gasteiger partial charge < -0.3 is 5.73 Å². The Hall–Kier alpha value is -4.95. The molecular weight excluding hydrogens is 605 g/mol. The maximum Gasteiger partial charge on any atom is 0.0738 e. The monoisotopic (exact) mass is 650 g/mol. The molecule has 5 aromatic rings. The van der Waals surface area contributed by atoms with Gasteiger partial charge in [-0.2, -0.15) is 0 Å². The highest BCUT2D eigenvalue weighted by molar-refractivity contribution is 6.02. The van der Waals surface area contributed by atoms with Crippen molar-refractivity contribution in [3.8, 4) is 11.1 Å². The van der Waals surface area contributed by atoms with Gasteiger partial charge in [-0.3, -0.25) is 4.99 Å². The highest BCUT2D eigenvalue weighted by Crippen LogP contribution is 2.53. The van der Waals surface area contributed by atoms with Crippen molar-refractivity contribution < 1.29 is 0 Å². The lowest BCUT2D eigenvalue weighted by atomic mass is 9.75. The number of nitrogens with zero attached hydrogens (tertiary/aromatic N) is 1. The third-order valence-corrected chi connectivity index (χ3v) is 12.5. The number of benzene rings is 5. The molecule has 248 valence electrons. The lowest BCUT2D eigenvalue weighted by Crippen LogP contribution is -2.27. The summed E-state index contributed by atoms with van der Waals surface area (Å²) in [7, 11) is 0. The minimum Gasteiger partial charge on any atom is -0.397 e. The summed E-state index contributed by atoms with van der Waals surface area (Å²) in [6.07, 6.45) is 8.94. The first-order valence-corrected chi connectivity index (χ1v) is 18.5. The lowest BCUT2D eigenvalue weighted by molar-refractivity contribution is 0.619. The van der Waals surface area contributed by atoms with Crippen molar-refractivity contribution in [1.82, 2.24) is 0 Å². The highest BCUT2D eigenvalue weighted by Gasteiger charge is 2.41. The quantitative estimate of drug-likeness (QED) is 0.193. The first-order chi connectivity index (χ1) is 24.2. The molecule has 4 aliphatic rings. The number of hydrogen-bond acceptors (Lipinski definition) is 2. The van der Waals surface area contributed by atoms with Crippen molar-refractivity contribution >= 4 is 27.8 Å². The van der Waals surface area contributed by atoms with Crippen LogP contribution in [0.4, 0.5) is 0 Å². The van der Waals surface area contributed by atoms with Crippen LogP contribution in [0, 0.1) is 5.92 Å². The van der Waals surface area contributed by atoms with Crippen LogP contribution >= 0.6 is 0 Å². The van der Waals surface area contributed by atoms with Crippen LogP contribution in [0.15, 0.2) is 132 Å². The Morgan fingerprint density at radius 1 is 0.720 bits per heavy atom. The maximum atomic E-state index is 7.11. The van der Waals surface area contributed by atoms with Gasteiger partial charge in [-0.1, -0.05) is 149 Å². The predicted octanol–water partition coefficient (Wildman–Crippen LogP) is 11.7. The minimum absolute atomic E-state index is 0.0587. The number of rotatable bonds is 4. The standard InChI is InChI=1S/C48H46N2/c1-29(33-21-14-24-42-43(33)37-19-10-12-22-40(37)47(42,2)3)45(50-46-44(49)38-20-11-13-23-41(38)48(46,4)5)36-26-25-32-27-30-15-6-7-16-31(30)28-39(32)35-18-9-8-17-34(35)36/h6-7,9-16,18-24,27-29,36H,8,17,25-26,49H2,1-5H3/b50-45+/t29?,36-/m0/s1. The molecule has 0 amide bonds. The van der Waals surface area contributed by atoms with Crippen LogP contribution in [0.5, 0.6) is 0 Å². The van der Waals surface area contributed by atoms with Crippen molar-refractivity contribution in [2.75, 3.05) is 0 Å². The van der Waals surface area contributed by atoms with Crippen molar-refractivity contribution in [1.29, 1.82) is 0 Å². The first-order valence-electron chi connectivity index (χ1n) is 18.5. The molecule has 0 fully saturated rings. The van der Waals surface area contributed by atoms with E-state index >= 15 is 0 Å². The smallest absolute Gasteiger partial charge is 0.0738 e. The van der Waals surface area contributed by atoms with E-state index in [1.165, 1.54) is 72.1 Å². The lowest BCUT2D eigenvalue weighted by Gasteiger charge is -2.31. The molecule has 2 nitrogen and oxygen atoms in total. The molecule has 0 radical (unpaired) electrons. The van der Waals surface area contributed by atoms with E-state index < -0.39 is 0 Å². The molecule has 5 aromatic carbocycles. The van der Waals surface area contributed by atoms with Crippen molar-refractivity contribution in [2.45, 2.75) is 77.0 Å². The van der Waals surface area contributed by atoms with E-state index in [4.69, 9.17) is 10.7 Å². The molecule has 0 saturated heterocycles. The summed E-state index contributed by atoms with van der Waals surface area (Å²) in [5.74, 6) is 0.275. The van der Waals surface area contributed by atoms with Gasteiger partial charge in [0.05, 0.1) is 11.4 Å². The summed E-state index contributed by atoms with van der Waals surface area (Å²) in [6.45, 7) is 11.8. The van der Waals surface area contributed by atoms with Gasteiger partial charge in [-0.15, -0.1) is 0 Å². The predicted molar refractivity (Wildman–Crippen MR) is 211 cm³/mol. The van der Waals surface area contributed by atoms with E-state index in [0.717, 1.165) is 42.6 Å². The van der Waals surface area contributed by atoms with Crippen LogP contribution in [0.2, 0.25) is 0 Å². The van der Waals surface area contributed by atoms with Gasteiger partial charge in [0, 0.05) is 33.9 Å². The number of nitrogens with two attached hydrogens (primary N) is 1. The summed E-state index contributed by atoms with van der Waals surface area (Å²) in [6, 6.07) is 38.4. The second-order valence-corrected chi connectivity index (χ2v) is 16.0.